The van der Waals surface area contributed by atoms with Gasteiger partial charge in [-0.2, -0.15) is 0 Å². The Morgan fingerprint density at radius 3 is 2.71 bits per heavy atom. The van der Waals surface area contributed by atoms with Gasteiger partial charge in [-0.05, 0) is 50.1 Å². The van der Waals surface area contributed by atoms with E-state index in [0.29, 0.717) is 57.6 Å². The van der Waals surface area contributed by atoms with Crippen LogP contribution in [0.1, 0.15) is 30.1 Å². The molecule has 4 heterocycles. The predicted molar refractivity (Wildman–Crippen MR) is 131 cm³/mol. The van der Waals surface area contributed by atoms with Gasteiger partial charge in [0.15, 0.2) is 11.3 Å². The normalized spacial score (nSPS) is 15.9. The van der Waals surface area contributed by atoms with Gasteiger partial charge < -0.3 is 9.47 Å². The van der Waals surface area contributed by atoms with Crippen LogP contribution in [-0.2, 0) is 16.0 Å². The van der Waals surface area contributed by atoms with Gasteiger partial charge in [-0.3, -0.25) is 13.9 Å². The van der Waals surface area contributed by atoms with E-state index in [0.717, 1.165) is 12.8 Å². The average molecular weight is 470 g/mol. The third-order valence-electron chi connectivity index (χ3n) is 6.27. The van der Waals surface area contributed by atoms with Gasteiger partial charge in [-0.1, -0.05) is 18.2 Å². The van der Waals surface area contributed by atoms with Gasteiger partial charge >= 0.3 is 5.97 Å². The molecule has 1 atom stereocenters. The summed E-state index contributed by atoms with van der Waals surface area (Å²) >= 11 is 0. The van der Waals surface area contributed by atoms with Crippen molar-refractivity contribution in [2.45, 2.75) is 32.4 Å². The number of para-hydroxylation sites is 2. The molecule has 9 heteroatoms. The first-order valence-electron chi connectivity index (χ1n) is 11.7. The molecule has 0 saturated carbocycles. The molecular weight excluding hydrogens is 446 g/mol. The van der Waals surface area contributed by atoms with Crippen molar-refractivity contribution in [2.75, 3.05) is 13.2 Å². The molecule has 0 aliphatic carbocycles. The highest BCUT2D eigenvalue weighted by Crippen LogP contribution is 2.29. The number of hydrogen-bond acceptors (Lipinski definition) is 7. The summed E-state index contributed by atoms with van der Waals surface area (Å²) in [5, 5.41) is 0.389. The number of aromatic nitrogens is 5. The van der Waals surface area contributed by atoms with Crippen molar-refractivity contribution in [3.63, 3.8) is 0 Å². The summed E-state index contributed by atoms with van der Waals surface area (Å²) in [7, 11) is 0. The molecule has 0 unspecified atom stereocenters. The zero-order valence-electron chi connectivity index (χ0n) is 19.2. The minimum Gasteiger partial charge on any atom is -0.462 e. The monoisotopic (exact) mass is 469 g/mol. The number of carbonyl (C=O) groups is 1. The molecule has 1 fully saturated rings. The Labute approximate surface area is 200 Å². The molecule has 1 aliphatic rings. The fourth-order valence-corrected chi connectivity index (χ4v) is 4.64. The molecule has 9 nitrogen and oxygen atoms in total. The summed E-state index contributed by atoms with van der Waals surface area (Å²) in [5.74, 6) is -0.418. The van der Waals surface area contributed by atoms with E-state index in [4.69, 9.17) is 19.4 Å². The standard InChI is InChI=1S/C26H23N5O4/c1-2-34-26(33)16-7-5-8-17(13-16)31-23-21(22-24(31)29-20-11-4-3-10-19(20)28-22)25(32)30(15-27-23)14-18-9-6-12-35-18/h3-5,7-8,10-11,13,15,18H,2,6,9,12,14H2,1H3/t18-/m0/s1. The summed E-state index contributed by atoms with van der Waals surface area (Å²) in [4.78, 5) is 40.4. The quantitative estimate of drug-likeness (QED) is 0.362. The number of fused-ring (bicyclic) bond motifs is 4. The first-order chi connectivity index (χ1) is 17.1. The zero-order chi connectivity index (χ0) is 23.9. The van der Waals surface area contributed by atoms with E-state index in [-0.39, 0.29) is 18.3 Å². The molecule has 0 N–H and O–H groups in total. The number of hydrogen-bond donors (Lipinski definition) is 0. The van der Waals surface area contributed by atoms with Crippen LogP contribution in [0.2, 0.25) is 0 Å². The van der Waals surface area contributed by atoms with Crippen molar-refractivity contribution in [1.29, 1.82) is 0 Å². The highest BCUT2D eigenvalue weighted by Gasteiger charge is 2.23. The first-order valence-corrected chi connectivity index (χ1v) is 11.7. The lowest BCUT2D eigenvalue weighted by atomic mass is 10.2. The molecule has 3 aromatic heterocycles. The van der Waals surface area contributed by atoms with Gasteiger partial charge in [-0.25, -0.2) is 19.7 Å². The largest absolute Gasteiger partial charge is 0.462 e. The number of esters is 1. The van der Waals surface area contributed by atoms with Crippen LogP contribution in [0.5, 0.6) is 0 Å². The van der Waals surface area contributed by atoms with Crippen LogP contribution in [0.3, 0.4) is 0 Å². The number of benzene rings is 2. The molecule has 0 spiro atoms. The van der Waals surface area contributed by atoms with Gasteiger partial charge in [0.05, 0.1) is 41.5 Å². The maximum absolute atomic E-state index is 13.7. The second-order valence-corrected chi connectivity index (χ2v) is 8.53. The second-order valence-electron chi connectivity index (χ2n) is 8.53. The smallest absolute Gasteiger partial charge is 0.338 e. The Morgan fingerprint density at radius 2 is 1.94 bits per heavy atom. The molecule has 176 valence electrons. The SMILES string of the molecule is CCOC(=O)c1cccc(-n2c3nc4ccccc4nc3c3c(=O)n(C[C@@H]4CCCO4)cnc32)c1. The van der Waals surface area contributed by atoms with Gasteiger partial charge in [0, 0.05) is 6.61 Å². The summed E-state index contributed by atoms with van der Waals surface area (Å²) < 4.78 is 14.3. The summed E-state index contributed by atoms with van der Waals surface area (Å²) in [6.45, 7) is 3.19. The van der Waals surface area contributed by atoms with Crippen molar-refractivity contribution in [3.05, 3.63) is 70.8 Å². The van der Waals surface area contributed by atoms with E-state index in [2.05, 4.69) is 4.98 Å². The van der Waals surface area contributed by atoms with E-state index in [1.165, 1.54) is 0 Å². The van der Waals surface area contributed by atoms with E-state index in [9.17, 15) is 9.59 Å². The maximum Gasteiger partial charge on any atom is 0.338 e. The number of nitrogens with zero attached hydrogens (tertiary/aromatic N) is 5. The maximum atomic E-state index is 13.7. The highest BCUT2D eigenvalue weighted by atomic mass is 16.5. The molecule has 35 heavy (non-hydrogen) atoms. The van der Waals surface area contributed by atoms with Crippen molar-refractivity contribution in [1.82, 2.24) is 24.1 Å². The van der Waals surface area contributed by atoms with Crippen LogP contribution >= 0.6 is 0 Å². The highest BCUT2D eigenvalue weighted by molar-refractivity contribution is 6.06. The Hall–Kier alpha value is -4.11. The average Bonchev–Trinajstić information content (AvgIpc) is 3.50. The third kappa shape index (κ3) is 3.64. The van der Waals surface area contributed by atoms with Gasteiger partial charge in [-0.15, -0.1) is 0 Å². The van der Waals surface area contributed by atoms with E-state index in [1.807, 2.05) is 30.3 Å². The van der Waals surface area contributed by atoms with E-state index < -0.39 is 5.97 Å². The van der Waals surface area contributed by atoms with Crippen LogP contribution in [-0.4, -0.2) is 49.4 Å². The Kier molecular flexibility index (Phi) is 5.26. The fourth-order valence-electron chi connectivity index (χ4n) is 4.64. The molecular formula is C26H23N5O4. The van der Waals surface area contributed by atoms with E-state index in [1.54, 1.807) is 40.6 Å². The molecule has 0 radical (unpaired) electrons. The van der Waals surface area contributed by atoms with Gasteiger partial charge in [0.1, 0.15) is 17.2 Å². The van der Waals surface area contributed by atoms with Gasteiger partial charge in [0.25, 0.3) is 5.56 Å². The Balaban J connectivity index is 1.63. The molecule has 6 rings (SSSR count). The topological polar surface area (TPSA) is 101 Å². The van der Waals surface area contributed by atoms with Crippen LogP contribution in [0.25, 0.3) is 38.9 Å². The first kappa shape index (κ1) is 21.4. The number of ether oxygens (including phenoxy) is 2. The minimum absolute atomic E-state index is 0.00604. The Bertz CT molecular complexity index is 1650. The summed E-state index contributed by atoms with van der Waals surface area (Å²) in [5.41, 5.74) is 3.64. The van der Waals surface area contributed by atoms with Crippen molar-refractivity contribution >= 4 is 39.2 Å². The van der Waals surface area contributed by atoms with Crippen molar-refractivity contribution in [3.8, 4) is 5.69 Å². The van der Waals surface area contributed by atoms with Crippen LogP contribution in [0.4, 0.5) is 0 Å². The second kappa shape index (κ2) is 8.59. The van der Waals surface area contributed by atoms with Crippen LogP contribution in [0, 0.1) is 0 Å². The summed E-state index contributed by atoms with van der Waals surface area (Å²) in [6, 6.07) is 14.6. The molecule has 2 aromatic carbocycles. The van der Waals surface area contributed by atoms with E-state index >= 15 is 0 Å². The van der Waals surface area contributed by atoms with Crippen molar-refractivity contribution < 1.29 is 14.3 Å². The number of rotatable bonds is 5. The Morgan fingerprint density at radius 1 is 1.11 bits per heavy atom. The van der Waals surface area contributed by atoms with Crippen LogP contribution < -0.4 is 5.56 Å². The molecule has 5 aromatic rings. The molecule has 0 amide bonds. The third-order valence-corrected chi connectivity index (χ3v) is 6.27. The minimum atomic E-state index is -0.418. The van der Waals surface area contributed by atoms with Crippen LogP contribution in [0.15, 0.2) is 59.7 Å². The lowest BCUT2D eigenvalue weighted by Gasteiger charge is -2.12. The molecule has 0 bridgehead atoms. The number of carbonyl (C=O) groups excluding carboxylic acids is 1. The van der Waals surface area contributed by atoms with Gasteiger partial charge in [0.2, 0.25) is 0 Å². The summed E-state index contributed by atoms with van der Waals surface area (Å²) in [6.07, 6.45) is 3.45. The molecule has 1 saturated heterocycles. The van der Waals surface area contributed by atoms with Crippen molar-refractivity contribution in [2.24, 2.45) is 0 Å². The fraction of sp³-hybridized carbons (Fsp3) is 0.269. The lowest BCUT2D eigenvalue weighted by Crippen LogP contribution is -2.26. The lowest BCUT2D eigenvalue weighted by molar-refractivity contribution is 0.0526. The zero-order valence-corrected chi connectivity index (χ0v) is 19.2. The molecule has 1 aliphatic heterocycles. The predicted octanol–water partition coefficient (Wildman–Crippen LogP) is 3.64.